The van der Waals surface area contributed by atoms with Crippen molar-refractivity contribution in [3.8, 4) is 0 Å². The number of aromatic nitrogens is 3. The molecule has 2 aromatic heterocycles. The minimum atomic E-state index is -0.0992. The first kappa shape index (κ1) is 14.0. The van der Waals surface area contributed by atoms with E-state index >= 15 is 0 Å². The number of hydrogen-bond donors (Lipinski definition) is 1. The van der Waals surface area contributed by atoms with Gasteiger partial charge in [0, 0.05) is 17.5 Å². The molecule has 0 saturated heterocycles. The number of halogens is 1. The van der Waals surface area contributed by atoms with Crippen LogP contribution in [0.2, 0.25) is 0 Å². The van der Waals surface area contributed by atoms with Crippen molar-refractivity contribution in [2.45, 2.75) is 32.2 Å². The van der Waals surface area contributed by atoms with Gasteiger partial charge in [-0.25, -0.2) is 9.67 Å². The van der Waals surface area contributed by atoms with Gasteiger partial charge >= 0.3 is 0 Å². The molecule has 0 saturated carbocycles. The topological polar surface area (TPSA) is 59.8 Å². The summed E-state index contributed by atoms with van der Waals surface area (Å²) in [5.74, 6) is 0.977. The van der Waals surface area contributed by atoms with Crippen molar-refractivity contribution < 1.29 is 4.79 Å². The maximum atomic E-state index is 11.9. The number of carbonyl (C=O) groups excluding carboxylic acids is 1. The van der Waals surface area contributed by atoms with Gasteiger partial charge in [0.05, 0.1) is 24.2 Å². The van der Waals surface area contributed by atoms with Gasteiger partial charge in [0.15, 0.2) is 0 Å². The fraction of sp³-hybridized carbons (Fsp3) is 0.417. The third-order valence-corrected chi connectivity index (χ3v) is 3.65. The maximum Gasteiger partial charge on any atom is 0.232 e. The predicted octanol–water partition coefficient (Wildman–Crippen LogP) is 2.84. The highest BCUT2D eigenvalue weighted by Crippen LogP contribution is 2.15. The second-order valence-electron chi connectivity index (χ2n) is 4.35. The molecule has 2 heterocycles. The fourth-order valence-corrected chi connectivity index (χ4v) is 2.66. The quantitative estimate of drug-likeness (QED) is 0.864. The van der Waals surface area contributed by atoms with Gasteiger partial charge in [-0.15, -0.1) is 22.9 Å². The summed E-state index contributed by atoms with van der Waals surface area (Å²) in [4.78, 5) is 16.2. The van der Waals surface area contributed by atoms with Gasteiger partial charge in [-0.2, -0.15) is 5.10 Å². The number of carbonyl (C=O) groups is 1. The van der Waals surface area contributed by atoms with E-state index in [1.165, 1.54) is 11.3 Å². The van der Waals surface area contributed by atoms with Gasteiger partial charge in [-0.05, 0) is 13.8 Å². The van der Waals surface area contributed by atoms with Crippen LogP contribution in [-0.4, -0.2) is 20.7 Å². The first-order valence-electron chi connectivity index (χ1n) is 5.92. The molecule has 0 aliphatic heterocycles. The molecule has 0 aromatic carbocycles. The lowest BCUT2D eigenvalue weighted by atomic mass is 10.4. The van der Waals surface area contributed by atoms with Gasteiger partial charge in [0.1, 0.15) is 10.8 Å². The highest BCUT2D eigenvalue weighted by molar-refractivity contribution is 7.09. The monoisotopic (exact) mass is 298 g/mol. The first-order valence-corrected chi connectivity index (χ1v) is 7.34. The zero-order chi connectivity index (χ0) is 13.8. The number of hydrogen-bond acceptors (Lipinski definition) is 4. The van der Waals surface area contributed by atoms with E-state index in [1.54, 1.807) is 16.9 Å². The van der Waals surface area contributed by atoms with E-state index in [1.807, 2.05) is 19.2 Å². The normalized spacial score (nSPS) is 10.9. The van der Waals surface area contributed by atoms with Gasteiger partial charge in [0.25, 0.3) is 0 Å². The third-order valence-electron chi connectivity index (χ3n) is 2.47. The van der Waals surface area contributed by atoms with Crippen LogP contribution in [0.5, 0.6) is 0 Å². The van der Waals surface area contributed by atoms with Crippen LogP contribution in [0.3, 0.4) is 0 Å². The number of alkyl halides is 1. The molecule has 19 heavy (non-hydrogen) atoms. The second-order valence-corrected chi connectivity index (χ2v) is 5.56. The predicted molar refractivity (Wildman–Crippen MR) is 76.6 cm³/mol. The number of thiazole rings is 1. The Kier molecular flexibility index (Phi) is 4.55. The summed E-state index contributed by atoms with van der Waals surface area (Å²) in [6.45, 7) is 4.02. The molecule has 7 heteroatoms. The standard InChI is InChI=1S/C12H15ClN4OS/c1-8(2)17-10(3-4-14-17)16-11(18)5-12-15-9(6-13)7-19-12/h3-4,7-8H,5-6H2,1-2H3,(H,16,18). The zero-order valence-electron chi connectivity index (χ0n) is 10.8. The molecule has 0 bridgehead atoms. The Morgan fingerprint density at radius 1 is 1.58 bits per heavy atom. The van der Waals surface area contributed by atoms with E-state index in [0.717, 1.165) is 10.7 Å². The summed E-state index contributed by atoms with van der Waals surface area (Å²) < 4.78 is 1.77. The van der Waals surface area contributed by atoms with E-state index in [4.69, 9.17) is 11.6 Å². The summed E-state index contributed by atoms with van der Waals surface area (Å²) >= 11 is 7.13. The third kappa shape index (κ3) is 3.54. The van der Waals surface area contributed by atoms with Crippen molar-refractivity contribution >= 4 is 34.7 Å². The molecule has 5 nitrogen and oxygen atoms in total. The van der Waals surface area contributed by atoms with E-state index in [9.17, 15) is 4.79 Å². The molecule has 0 radical (unpaired) electrons. The fourth-order valence-electron chi connectivity index (χ4n) is 1.64. The molecule has 102 valence electrons. The zero-order valence-corrected chi connectivity index (χ0v) is 12.3. The molecule has 0 fully saturated rings. The molecular formula is C12H15ClN4OS. The van der Waals surface area contributed by atoms with Gasteiger partial charge in [-0.1, -0.05) is 0 Å². The Morgan fingerprint density at radius 3 is 3.00 bits per heavy atom. The minimum Gasteiger partial charge on any atom is -0.311 e. The average molecular weight is 299 g/mol. The van der Waals surface area contributed by atoms with Crippen molar-refractivity contribution in [2.75, 3.05) is 5.32 Å². The molecule has 1 amide bonds. The van der Waals surface area contributed by atoms with Crippen LogP contribution < -0.4 is 5.32 Å². The average Bonchev–Trinajstić information content (AvgIpc) is 2.97. The number of amides is 1. The van der Waals surface area contributed by atoms with Crippen molar-refractivity contribution in [3.63, 3.8) is 0 Å². The lowest BCUT2D eigenvalue weighted by molar-refractivity contribution is -0.115. The smallest absolute Gasteiger partial charge is 0.232 e. The molecule has 0 unspecified atom stereocenters. The highest BCUT2D eigenvalue weighted by Gasteiger charge is 2.11. The Balaban J connectivity index is 1.99. The molecule has 0 aliphatic rings. The number of rotatable bonds is 5. The summed E-state index contributed by atoms with van der Waals surface area (Å²) in [5, 5.41) is 9.64. The Bertz CT molecular complexity index is 564. The summed E-state index contributed by atoms with van der Waals surface area (Å²) in [7, 11) is 0. The van der Waals surface area contributed by atoms with Crippen LogP contribution >= 0.6 is 22.9 Å². The van der Waals surface area contributed by atoms with Gasteiger partial charge < -0.3 is 5.32 Å². The first-order chi connectivity index (χ1) is 9.10. The molecule has 1 N–H and O–H groups in total. The Morgan fingerprint density at radius 2 is 2.37 bits per heavy atom. The molecule has 0 atom stereocenters. The van der Waals surface area contributed by atoms with Crippen molar-refractivity contribution in [3.05, 3.63) is 28.3 Å². The Labute approximate surface area is 120 Å². The van der Waals surface area contributed by atoms with Crippen LogP contribution in [0.25, 0.3) is 0 Å². The van der Waals surface area contributed by atoms with Crippen LogP contribution in [-0.2, 0) is 17.1 Å². The largest absolute Gasteiger partial charge is 0.311 e. The van der Waals surface area contributed by atoms with Crippen LogP contribution in [0.4, 0.5) is 5.82 Å². The number of nitrogens with zero attached hydrogens (tertiary/aromatic N) is 3. The number of nitrogens with one attached hydrogen (secondary N) is 1. The van der Waals surface area contributed by atoms with Crippen LogP contribution in [0.1, 0.15) is 30.6 Å². The lowest BCUT2D eigenvalue weighted by Gasteiger charge is -2.11. The van der Waals surface area contributed by atoms with E-state index in [0.29, 0.717) is 11.7 Å². The molecule has 2 rings (SSSR count). The minimum absolute atomic E-state index is 0.0992. The van der Waals surface area contributed by atoms with Crippen molar-refractivity contribution in [1.82, 2.24) is 14.8 Å². The van der Waals surface area contributed by atoms with E-state index < -0.39 is 0 Å². The second kappa shape index (κ2) is 6.16. The maximum absolute atomic E-state index is 11.9. The number of anilines is 1. The van der Waals surface area contributed by atoms with Gasteiger partial charge in [0.2, 0.25) is 5.91 Å². The lowest BCUT2D eigenvalue weighted by Crippen LogP contribution is -2.18. The molecule has 2 aromatic rings. The summed E-state index contributed by atoms with van der Waals surface area (Å²) in [5.41, 5.74) is 0.807. The van der Waals surface area contributed by atoms with E-state index in [-0.39, 0.29) is 18.4 Å². The SMILES string of the molecule is CC(C)n1nccc1NC(=O)Cc1nc(CCl)cs1. The Hall–Kier alpha value is -1.40. The van der Waals surface area contributed by atoms with E-state index in [2.05, 4.69) is 15.4 Å². The highest BCUT2D eigenvalue weighted by atomic mass is 35.5. The van der Waals surface area contributed by atoms with Gasteiger partial charge in [-0.3, -0.25) is 4.79 Å². The summed E-state index contributed by atoms with van der Waals surface area (Å²) in [6, 6.07) is 1.98. The van der Waals surface area contributed by atoms with Crippen LogP contribution in [0.15, 0.2) is 17.6 Å². The molecule has 0 spiro atoms. The van der Waals surface area contributed by atoms with Crippen molar-refractivity contribution in [2.24, 2.45) is 0 Å². The van der Waals surface area contributed by atoms with Crippen LogP contribution in [0, 0.1) is 0 Å². The molecular weight excluding hydrogens is 284 g/mol. The summed E-state index contributed by atoms with van der Waals surface area (Å²) in [6.07, 6.45) is 1.93. The molecule has 0 aliphatic carbocycles. The van der Waals surface area contributed by atoms with Crippen molar-refractivity contribution in [1.29, 1.82) is 0 Å².